The van der Waals surface area contributed by atoms with Gasteiger partial charge in [-0.25, -0.2) is 9.67 Å². The van der Waals surface area contributed by atoms with Crippen LogP contribution in [0.2, 0.25) is 0 Å². The predicted molar refractivity (Wildman–Crippen MR) is 63.0 cm³/mol. The Morgan fingerprint density at radius 1 is 1.44 bits per heavy atom. The smallest absolute Gasteiger partial charge is 0.276 e. The van der Waals surface area contributed by atoms with Gasteiger partial charge in [0.05, 0.1) is 0 Å². The van der Waals surface area contributed by atoms with E-state index in [1.165, 1.54) is 4.68 Å². The molecule has 0 saturated carbocycles. The summed E-state index contributed by atoms with van der Waals surface area (Å²) in [5, 5.41) is 3.05. The molecular weight excluding hydrogens is 202 g/mol. The molecule has 4 heteroatoms. The van der Waals surface area contributed by atoms with Gasteiger partial charge in [-0.2, -0.15) is 0 Å². The molecule has 1 N–H and O–H groups in total. The number of aromatic nitrogens is 3. The van der Waals surface area contributed by atoms with Crippen molar-refractivity contribution in [1.29, 1.82) is 0 Å². The fraction of sp³-hybridized carbons (Fsp3) is 0.333. The maximum absolute atomic E-state index is 12.0. The summed E-state index contributed by atoms with van der Waals surface area (Å²) in [5.41, 5.74) is 2.82. The van der Waals surface area contributed by atoms with Crippen LogP contribution in [-0.4, -0.2) is 14.8 Å². The Hall–Kier alpha value is -1.84. The maximum Gasteiger partial charge on any atom is 0.276 e. The lowest BCUT2D eigenvalue weighted by Gasteiger charge is -2.00. The van der Waals surface area contributed by atoms with Gasteiger partial charge in [-0.15, -0.1) is 0 Å². The normalized spacial score (nSPS) is 10.7. The van der Waals surface area contributed by atoms with Crippen molar-refractivity contribution in [3.05, 3.63) is 45.5 Å². The first-order valence-electron chi connectivity index (χ1n) is 5.37. The summed E-state index contributed by atoms with van der Waals surface area (Å²) in [6.07, 6.45) is 2.44. The molecule has 16 heavy (non-hydrogen) atoms. The number of hydrogen-bond acceptors (Lipinski definition) is 2. The van der Waals surface area contributed by atoms with Crippen LogP contribution in [0.5, 0.6) is 0 Å². The lowest BCUT2D eigenvalue weighted by atomic mass is 10.2. The monoisotopic (exact) mass is 217 g/mol. The van der Waals surface area contributed by atoms with E-state index in [1.807, 2.05) is 32.9 Å². The van der Waals surface area contributed by atoms with Gasteiger partial charge in [0.2, 0.25) is 0 Å². The third-order valence-corrected chi connectivity index (χ3v) is 2.68. The second kappa shape index (κ2) is 3.96. The largest absolute Gasteiger partial charge is 0.294 e. The molecule has 0 bridgehead atoms. The van der Waals surface area contributed by atoms with Gasteiger partial charge in [-0.1, -0.05) is 6.92 Å². The van der Waals surface area contributed by atoms with E-state index in [0.29, 0.717) is 5.82 Å². The van der Waals surface area contributed by atoms with Crippen molar-refractivity contribution >= 4 is 0 Å². The SMILES string of the molecule is CCc1c(C)[nH]n(-c2cc(C)ccn2)c1=O. The van der Waals surface area contributed by atoms with Crippen LogP contribution >= 0.6 is 0 Å². The van der Waals surface area contributed by atoms with Crippen LogP contribution in [0, 0.1) is 13.8 Å². The van der Waals surface area contributed by atoms with E-state index < -0.39 is 0 Å². The molecule has 0 radical (unpaired) electrons. The highest BCUT2D eigenvalue weighted by molar-refractivity contribution is 5.29. The summed E-state index contributed by atoms with van der Waals surface area (Å²) in [6, 6.07) is 3.79. The molecule has 0 aliphatic rings. The van der Waals surface area contributed by atoms with Crippen LogP contribution in [0.1, 0.15) is 23.7 Å². The Morgan fingerprint density at radius 3 is 2.75 bits per heavy atom. The van der Waals surface area contributed by atoms with Crippen molar-refractivity contribution in [2.24, 2.45) is 0 Å². The van der Waals surface area contributed by atoms with Gasteiger partial charge in [0.15, 0.2) is 5.82 Å². The highest BCUT2D eigenvalue weighted by atomic mass is 16.1. The Balaban J connectivity index is 2.61. The van der Waals surface area contributed by atoms with Crippen LogP contribution in [0.4, 0.5) is 0 Å². The summed E-state index contributed by atoms with van der Waals surface area (Å²) in [5.74, 6) is 0.646. The van der Waals surface area contributed by atoms with Gasteiger partial charge in [0.25, 0.3) is 5.56 Å². The van der Waals surface area contributed by atoms with Crippen molar-refractivity contribution in [3.8, 4) is 5.82 Å². The first-order valence-corrected chi connectivity index (χ1v) is 5.37. The quantitative estimate of drug-likeness (QED) is 0.833. The summed E-state index contributed by atoms with van der Waals surface area (Å²) < 4.78 is 1.50. The molecule has 2 heterocycles. The maximum atomic E-state index is 12.0. The molecule has 0 fully saturated rings. The predicted octanol–water partition coefficient (Wildman–Crippen LogP) is 1.74. The zero-order chi connectivity index (χ0) is 11.7. The highest BCUT2D eigenvalue weighted by Crippen LogP contribution is 2.06. The molecular formula is C12H15N3O. The average Bonchev–Trinajstić information content (AvgIpc) is 2.54. The number of rotatable bonds is 2. The number of pyridine rings is 1. The summed E-state index contributed by atoms with van der Waals surface area (Å²) >= 11 is 0. The molecule has 0 spiro atoms. The lowest BCUT2D eigenvalue weighted by Crippen LogP contribution is -2.18. The number of aromatic amines is 1. The zero-order valence-corrected chi connectivity index (χ0v) is 9.74. The first kappa shape index (κ1) is 10.7. The second-order valence-electron chi connectivity index (χ2n) is 3.90. The molecule has 2 aromatic rings. The van der Waals surface area contributed by atoms with Crippen molar-refractivity contribution in [2.75, 3.05) is 0 Å². The Morgan fingerprint density at radius 2 is 2.19 bits per heavy atom. The Bertz CT molecular complexity index is 566. The van der Waals surface area contributed by atoms with E-state index in [4.69, 9.17) is 0 Å². The van der Waals surface area contributed by atoms with Gasteiger partial charge in [-0.3, -0.25) is 9.89 Å². The Labute approximate surface area is 93.9 Å². The third-order valence-electron chi connectivity index (χ3n) is 2.68. The minimum atomic E-state index is -0.00176. The van der Waals surface area contributed by atoms with Crippen LogP contribution in [-0.2, 0) is 6.42 Å². The molecule has 0 atom stereocenters. The van der Waals surface area contributed by atoms with Gasteiger partial charge in [-0.05, 0) is 38.0 Å². The van der Waals surface area contributed by atoms with Gasteiger partial charge >= 0.3 is 0 Å². The van der Waals surface area contributed by atoms with Gasteiger partial charge in [0, 0.05) is 17.5 Å². The van der Waals surface area contributed by atoms with E-state index in [1.54, 1.807) is 6.20 Å². The summed E-state index contributed by atoms with van der Waals surface area (Å²) in [7, 11) is 0. The Kier molecular flexibility index (Phi) is 2.64. The minimum Gasteiger partial charge on any atom is -0.294 e. The molecule has 0 unspecified atom stereocenters. The number of nitrogens with one attached hydrogen (secondary N) is 1. The van der Waals surface area contributed by atoms with Crippen molar-refractivity contribution in [1.82, 2.24) is 14.8 Å². The molecule has 84 valence electrons. The fourth-order valence-corrected chi connectivity index (χ4v) is 1.80. The number of aryl methyl sites for hydroxylation is 2. The van der Waals surface area contributed by atoms with E-state index in [0.717, 1.165) is 23.2 Å². The number of nitrogens with zero attached hydrogens (tertiary/aromatic N) is 2. The van der Waals surface area contributed by atoms with E-state index in [9.17, 15) is 4.79 Å². The summed E-state index contributed by atoms with van der Waals surface area (Å²) in [4.78, 5) is 16.2. The zero-order valence-electron chi connectivity index (χ0n) is 9.74. The molecule has 4 nitrogen and oxygen atoms in total. The third kappa shape index (κ3) is 1.66. The summed E-state index contributed by atoms with van der Waals surface area (Å²) in [6.45, 7) is 5.87. The average molecular weight is 217 g/mol. The van der Waals surface area contributed by atoms with Crippen LogP contribution < -0.4 is 5.56 Å². The fourth-order valence-electron chi connectivity index (χ4n) is 1.80. The molecule has 2 rings (SSSR count). The molecule has 0 aliphatic heterocycles. The topological polar surface area (TPSA) is 50.7 Å². The highest BCUT2D eigenvalue weighted by Gasteiger charge is 2.10. The van der Waals surface area contributed by atoms with Crippen LogP contribution in [0.25, 0.3) is 5.82 Å². The molecule has 0 aliphatic carbocycles. The lowest BCUT2D eigenvalue weighted by molar-refractivity contribution is 0.805. The standard InChI is InChI=1S/C12H15N3O/c1-4-10-9(3)14-15(12(10)16)11-7-8(2)5-6-13-11/h5-7,14H,4H2,1-3H3. The van der Waals surface area contributed by atoms with E-state index >= 15 is 0 Å². The molecule has 0 amide bonds. The van der Waals surface area contributed by atoms with Gasteiger partial charge in [0.1, 0.15) is 0 Å². The van der Waals surface area contributed by atoms with E-state index in [2.05, 4.69) is 10.1 Å². The molecule has 0 aromatic carbocycles. The number of hydrogen-bond donors (Lipinski definition) is 1. The van der Waals surface area contributed by atoms with Crippen molar-refractivity contribution in [3.63, 3.8) is 0 Å². The van der Waals surface area contributed by atoms with Gasteiger partial charge < -0.3 is 0 Å². The first-order chi connectivity index (χ1) is 7.63. The van der Waals surface area contributed by atoms with Crippen LogP contribution in [0.15, 0.2) is 23.1 Å². The molecule has 0 saturated heterocycles. The minimum absolute atomic E-state index is 0.00176. The van der Waals surface area contributed by atoms with Crippen molar-refractivity contribution in [2.45, 2.75) is 27.2 Å². The second-order valence-corrected chi connectivity index (χ2v) is 3.90. The molecule has 2 aromatic heterocycles. The van der Waals surface area contributed by atoms with Crippen molar-refractivity contribution < 1.29 is 0 Å². The van der Waals surface area contributed by atoms with E-state index in [-0.39, 0.29) is 5.56 Å². The number of H-pyrrole nitrogens is 1. The van der Waals surface area contributed by atoms with Crippen LogP contribution in [0.3, 0.4) is 0 Å².